The van der Waals surface area contributed by atoms with Gasteiger partial charge >= 0.3 is 0 Å². The number of piperidine rings is 1. The smallest absolute Gasteiger partial charge is 0.289 e. The van der Waals surface area contributed by atoms with Gasteiger partial charge in [-0.05, 0) is 44.4 Å². The van der Waals surface area contributed by atoms with Crippen LogP contribution in [0.15, 0.2) is 28.7 Å². The van der Waals surface area contributed by atoms with Crippen molar-refractivity contribution in [3.05, 3.63) is 35.6 Å². The molecule has 2 N–H and O–H groups in total. The van der Waals surface area contributed by atoms with Crippen molar-refractivity contribution in [2.45, 2.75) is 32.2 Å². The van der Waals surface area contributed by atoms with Crippen molar-refractivity contribution in [2.24, 2.45) is 5.73 Å². The number of hydrogen-bond acceptors (Lipinski definition) is 3. The molecule has 1 atom stereocenters. The first-order valence-electron chi connectivity index (χ1n) is 7.20. The summed E-state index contributed by atoms with van der Waals surface area (Å²) in [5.74, 6) is 0.389. The van der Waals surface area contributed by atoms with Crippen molar-refractivity contribution < 1.29 is 9.21 Å². The summed E-state index contributed by atoms with van der Waals surface area (Å²) >= 11 is 0. The molecule has 5 heteroatoms. The Kier molecular flexibility index (Phi) is 4.91. The standard InChI is InChI=1S/C16H20N2O2.ClH/c1-11-5-6-14-12(8-11)9-15(20-14)16(19)18-7-3-2-4-13(18)10-17;/h5-6,8-9,13H,2-4,7,10,17H2,1H3;1H. The number of benzene rings is 1. The van der Waals surface area contributed by atoms with Crippen molar-refractivity contribution in [1.82, 2.24) is 4.90 Å². The van der Waals surface area contributed by atoms with Gasteiger partial charge in [-0.1, -0.05) is 11.6 Å². The van der Waals surface area contributed by atoms with Gasteiger partial charge in [0.25, 0.3) is 5.91 Å². The minimum atomic E-state index is -0.0333. The molecule has 1 aromatic heterocycles. The van der Waals surface area contributed by atoms with E-state index in [9.17, 15) is 4.79 Å². The first-order valence-corrected chi connectivity index (χ1v) is 7.20. The number of amides is 1. The third-order valence-electron chi connectivity index (χ3n) is 4.04. The molecule has 1 aromatic carbocycles. The van der Waals surface area contributed by atoms with Gasteiger partial charge in [0.2, 0.25) is 0 Å². The monoisotopic (exact) mass is 308 g/mol. The number of nitrogens with two attached hydrogens (primary N) is 1. The fourth-order valence-electron chi connectivity index (χ4n) is 2.92. The van der Waals surface area contributed by atoms with Crippen molar-refractivity contribution in [3.63, 3.8) is 0 Å². The molecular formula is C16H21ClN2O2. The maximum atomic E-state index is 12.6. The zero-order chi connectivity index (χ0) is 14.1. The molecule has 0 spiro atoms. The third-order valence-corrected chi connectivity index (χ3v) is 4.04. The van der Waals surface area contributed by atoms with E-state index < -0.39 is 0 Å². The van der Waals surface area contributed by atoms with Crippen molar-refractivity contribution >= 4 is 29.3 Å². The molecule has 1 fully saturated rings. The molecule has 0 bridgehead atoms. The normalized spacial score (nSPS) is 18.6. The second-order valence-corrected chi connectivity index (χ2v) is 5.54. The Bertz CT molecular complexity index is 638. The second kappa shape index (κ2) is 6.50. The minimum absolute atomic E-state index is 0. The SMILES string of the molecule is Cc1ccc2oc(C(=O)N3CCCCC3CN)cc2c1.Cl. The fraction of sp³-hybridized carbons (Fsp3) is 0.438. The maximum absolute atomic E-state index is 12.6. The Hall–Kier alpha value is -1.52. The summed E-state index contributed by atoms with van der Waals surface area (Å²) in [6.45, 7) is 3.32. The van der Waals surface area contributed by atoms with Crippen LogP contribution in [-0.2, 0) is 0 Å². The van der Waals surface area contributed by atoms with E-state index in [2.05, 4.69) is 0 Å². The molecule has 0 aliphatic carbocycles. The van der Waals surface area contributed by atoms with Gasteiger partial charge in [0.05, 0.1) is 0 Å². The third kappa shape index (κ3) is 3.06. The zero-order valence-electron chi connectivity index (χ0n) is 12.2. The summed E-state index contributed by atoms with van der Waals surface area (Å²) in [5.41, 5.74) is 7.71. The lowest BCUT2D eigenvalue weighted by Gasteiger charge is -2.34. The summed E-state index contributed by atoms with van der Waals surface area (Å²) in [6.07, 6.45) is 3.17. The van der Waals surface area contributed by atoms with E-state index >= 15 is 0 Å². The number of halogens is 1. The van der Waals surface area contributed by atoms with Crippen LogP contribution in [0, 0.1) is 6.92 Å². The van der Waals surface area contributed by atoms with Crippen molar-refractivity contribution in [2.75, 3.05) is 13.1 Å². The van der Waals surface area contributed by atoms with E-state index in [1.807, 2.05) is 36.1 Å². The van der Waals surface area contributed by atoms with E-state index in [0.717, 1.165) is 42.3 Å². The quantitative estimate of drug-likeness (QED) is 0.927. The number of nitrogens with zero attached hydrogens (tertiary/aromatic N) is 1. The van der Waals surface area contributed by atoms with Gasteiger partial charge in [-0.25, -0.2) is 0 Å². The molecule has 2 heterocycles. The summed E-state index contributed by atoms with van der Waals surface area (Å²) in [5, 5.41) is 0.981. The lowest BCUT2D eigenvalue weighted by molar-refractivity contribution is 0.0593. The number of hydrogen-bond donors (Lipinski definition) is 1. The minimum Gasteiger partial charge on any atom is -0.451 e. The molecule has 1 amide bonds. The van der Waals surface area contributed by atoms with Crippen molar-refractivity contribution in [1.29, 1.82) is 0 Å². The number of likely N-dealkylation sites (tertiary alicyclic amines) is 1. The van der Waals surface area contributed by atoms with E-state index in [1.54, 1.807) is 0 Å². The predicted molar refractivity (Wildman–Crippen MR) is 85.9 cm³/mol. The number of fused-ring (bicyclic) bond motifs is 1. The Morgan fingerprint density at radius 3 is 2.95 bits per heavy atom. The molecule has 3 rings (SSSR count). The number of carbonyl (C=O) groups excluding carboxylic acids is 1. The van der Waals surface area contributed by atoms with Crippen LogP contribution < -0.4 is 5.73 Å². The van der Waals surface area contributed by atoms with Gasteiger partial charge in [0, 0.05) is 24.5 Å². The second-order valence-electron chi connectivity index (χ2n) is 5.54. The van der Waals surface area contributed by atoms with Crippen LogP contribution in [-0.4, -0.2) is 29.9 Å². The molecular weight excluding hydrogens is 288 g/mol. The average molecular weight is 309 g/mol. The number of furan rings is 1. The van der Waals surface area contributed by atoms with Crippen LogP contribution in [0.2, 0.25) is 0 Å². The van der Waals surface area contributed by atoms with Crippen LogP contribution in [0.3, 0.4) is 0 Å². The molecule has 1 unspecified atom stereocenters. The van der Waals surface area contributed by atoms with Crippen LogP contribution >= 0.6 is 12.4 Å². The molecule has 114 valence electrons. The largest absolute Gasteiger partial charge is 0.451 e. The first kappa shape index (κ1) is 15.9. The molecule has 1 aliphatic rings. The van der Waals surface area contributed by atoms with Gasteiger partial charge in [-0.15, -0.1) is 12.4 Å². The summed E-state index contributed by atoms with van der Waals surface area (Å²) < 4.78 is 5.70. The number of carbonyl (C=O) groups is 1. The molecule has 0 saturated carbocycles. The van der Waals surface area contributed by atoms with Crippen molar-refractivity contribution in [3.8, 4) is 0 Å². The Morgan fingerprint density at radius 2 is 2.19 bits per heavy atom. The van der Waals surface area contributed by atoms with E-state index in [4.69, 9.17) is 10.2 Å². The van der Waals surface area contributed by atoms with Gasteiger partial charge in [0.15, 0.2) is 5.76 Å². The lowest BCUT2D eigenvalue weighted by Crippen LogP contribution is -2.47. The Balaban J connectivity index is 0.00000161. The van der Waals surface area contributed by atoms with Gasteiger partial charge in [-0.2, -0.15) is 0 Å². The van der Waals surface area contributed by atoms with Gasteiger partial charge in [0.1, 0.15) is 5.58 Å². The van der Waals surface area contributed by atoms with Gasteiger partial charge < -0.3 is 15.1 Å². The molecule has 21 heavy (non-hydrogen) atoms. The van der Waals surface area contributed by atoms with E-state index in [1.165, 1.54) is 0 Å². The fourth-order valence-corrected chi connectivity index (χ4v) is 2.92. The summed E-state index contributed by atoms with van der Waals surface area (Å²) in [6, 6.07) is 7.92. The number of rotatable bonds is 2. The van der Waals surface area contributed by atoms with E-state index in [0.29, 0.717) is 12.3 Å². The predicted octanol–water partition coefficient (Wildman–Crippen LogP) is 3.12. The molecule has 1 saturated heterocycles. The van der Waals surface area contributed by atoms with Gasteiger partial charge in [-0.3, -0.25) is 4.79 Å². The highest BCUT2D eigenvalue weighted by Gasteiger charge is 2.28. The van der Waals surface area contributed by atoms with Crippen LogP contribution in [0.4, 0.5) is 0 Å². The van der Waals surface area contributed by atoms with Crippen LogP contribution in [0.25, 0.3) is 11.0 Å². The Labute approximate surface area is 130 Å². The zero-order valence-corrected chi connectivity index (χ0v) is 13.0. The molecule has 0 radical (unpaired) electrons. The highest BCUT2D eigenvalue weighted by atomic mass is 35.5. The topological polar surface area (TPSA) is 59.5 Å². The summed E-state index contributed by atoms with van der Waals surface area (Å²) in [7, 11) is 0. The summed E-state index contributed by atoms with van der Waals surface area (Å²) in [4.78, 5) is 14.5. The number of aryl methyl sites for hydroxylation is 1. The average Bonchev–Trinajstić information content (AvgIpc) is 2.89. The highest BCUT2D eigenvalue weighted by Crippen LogP contribution is 2.24. The highest BCUT2D eigenvalue weighted by molar-refractivity contribution is 5.96. The Morgan fingerprint density at radius 1 is 1.38 bits per heavy atom. The maximum Gasteiger partial charge on any atom is 0.289 e. The van der Waals surface area contributed by atoms with Crippen LogP contribution in [0.1, 0.15) is 35.4 Å². The van der Waals surface area contributed by atoms with Crippen LogP contribution in [0.5, 0.6) is 0 Å². The first-order chi connectivity index (χ1) is 9.69. The molecule has 1 aliphatic heterocycles. The molecule has 2 aromatic rings. The van der Waals surface area contributed by atoms with E-state index in [-0.39, 0.29) is 24.4 Å². The molecule has 4 nitrogen and oxygen atoms in total. The lowest BCUT2D eigenvalue weighted by atomic mass is 10.0.